The highest BCUT2D eigenvalue weighted by atomic mass is 14.7. The van der Waals surface area contributed by atoms with Gasteiger partial charge in [0.25, 0.3) is 0 Å². The van der Waals surface area contributed by atoms with E-state index >= 15 is 0 Å². The molecule has 6 aromatic rings. The highest BCUT2D eigenvalue weighted by Gasteiger charge is 2.34. The van der Waals surface area contributed by atoms with E-state index in [1.54, 1.807) is 5.57 Å². The molecule has 1 heteroatoms. The number of hydrogen-bond donors (Lipinski definition) is 0. The van der Waals surface area contributed by atoms with Gasteiger partial charge in [0.2, 0.25) is 0 Å². The van der Waals surface area contributed by atoms with E-state index < -0.39 is 0 Å². The SMILES string of the molecule is C1=CCC(c2cc(-c3ccccc3)nc(C3CCc4cc(-c5cccc6c5C(c5cccc(-c7ccccc7)c5)CCC5C=CC=CC65)ccc4C4=C3CCC=C4)c2)C=C1. The lowest BCUT2D eigenvalue weighted by Gasteiger charge is -2.26. The standard InChI is InChI=1S/C59H51N/c1-4-16-40(17-5-1)44-23-14-24-45(36-44)52-34-30-42-20-10-11-25-49(42)56-29-15-28-51(59(52)56)47-31-33-50-46(37-47)32-35-55(54-27-13-12-26-53(50)54)58-39-48(41-18-6-2-7-19-41)38-57(60-58)43-21-8-3-9-22-43/h1-12,14-18,20-26,28-29,31,33,36-39,41-42,49,52,55H,13,19,27,30,32,34-35H2. The Labute approximate surface area is 356 Å². The maximum absolute atomic E-state index is 5.52. The third-order valence-corrected chi connectivity index (χ3v) is 14.0. The van der Waals surface area contributed by atoms with Crippen LogP contribution in [0.25, 0.3) is 39.1 Å². The predicted octanol–water partition coefficient (Wildman–Crippen LogP) is 15.3. The van der Waals surface area contributed by atoms with Crippen LogP contribution in [0.5, 0.6) is 0 Å². The van der Waals surface area contributed by atoms with Crippen LogP contribution < -0.4 is 0 Å². The molecule has 0 N–H and O–H groups in total. The number of aromatic nitrogens is 1. The van der Waals surface area contributed by atoms with E-state index in [2.05, 4.69) is 194 Å². The molecule has 0 aliphatic heterocycles. The minimum atomic E-state index is 0.267. The zero-order valence-corrected chi connectivity index (χ0v) is 34.3. The maximum Gasteiger partial charge on any atom is 0.0708 e. The van der Waals surface area contributed by atoms with Crippen LogP contribution in [0.3, 0.4) is 0 Å². The molecule has 0 radical (unpaired) electrons. The fraction of sp³-hybridized carbons (Fsp3) is 0.203. The lowest BCUT2D eigenvalue weighted by Crippen LogP contribution is -2.10. The van der Waals surface area contributed by atoms with Crippen molar-refractivity contribution in [2.24, 2.45) is 5.92 Å². The van der Waals surface area contributed by atoms with Gasteiger partial charge in [0.1, 0.15) is 0 Å². The molecule has 0 saturated heterocycles. The molecule has 0 spiro atoms. The molecule has 5 aliphatic carbocycles. The molecule has 1 aromatic heterocycles. The van der Waals surface area contributed by atoms with Crippen molar-refractivity contribution in [2.45, 2.75) is 68.6 Å². The summed E-state index contributed by atoms with van der Waals surface area (Å²) in [6, 6.07) is 50.5. The summed E-state index contributed by atoms with van der Waals surface area (Å²) < 4.78 is 0. The van der Waals surface area contributed by atoms with Crippen LogP contribution in [-0.2, 0) is 6.42 Å². The summed E-state index contributed by atoms with van der Waals surface area (Å²) >= 11 is 0. The summed E-state index contributed by atoms with van der Waals surface area (Å²) in [6.45, 7) is 0. The topological polar surface area (TPSA) is 12.9 Å². The molecule has 0 saturated carbocycles. The highest BCUT2D eigenvalue weighted by Crippen LogP contribution is 2.50. The average Bonchev–Trinajstić information content (AvgIpc) is 3.60. The third-order valence-electron chi connectivity index (χ3n) is 14.0. The van der Waals surface area contributed by atoms with Crippen molar-refractivity contribution in [3.05, 3.63) is 239 Å². The number of allylic oxidation sites excluding steroid dienone is 12. The Morgan fingerprint density at radius 1 is 0.517 bits per heavy atom. The highest BCUT2D eigenvalue weighted by molar-refractivity contribution is 5.84. The Morgan fingerprint density at radius 2 is 1.33 bits per heavy atom. The Morgan fingerprint density at radius 3 is 2.20 bits per heavy atom. The molecule has 292 valence electrons. The largest absolute Gasteiger partial charge is 0.252 e. The first kappa shape index (κ1) is 36.7. The van der Waals surface area contributed by atoms with Crippen LogP contribution >= 0.6 is 0 Å². The third kappa shape index (κ3) is 6.90. The zero-order valence-electron chi connectivity index (χ0n) is 34.3. The Bertz CT molecular complexity index is 2760. The Kier molecular flexibility index (Phi) is 9.82. The molecule has 5 aliphatic rings. The summed E-state index contributed by atoms with van der Waals surface area (Å²) in [7, 11) is 0. The molecule has 1 nitrogen and oxygen atoms in total. The second kappa shape index (κ2) is 16.0. The van der Waals surface area contributed by atoms with Gasteiger partial charge < -0.3 is 0 Å². The fourth-order valence-electron chi connectivity index (χ4n) is 11.1. The first-order chi connectivity index (χ1) is 29.7. The molecule has 5 unspecified atom stereocenters. The summed E-state index contributed by atoms with van der Waals surface area (Å²) in [6.07, 6.45) is 30.9. The minimum Gasteiger partial charge on any atom is -0.252 e. The summed E-state index contributed by atoms with van der Waals surface area (Å²) in [5, 5.41) is 0. The number of fused-ring (bicyclic) bond motifs is 5. The number of aryl methyl sites for hydroxylation is 1. The van der Waals surface area contributed by atoms with Gasteiger partial charge >= 0.3 is 0 Å². The number of pyridine rings is 1. The second-order valence-corrected chi connectivity index (χ2v) is 17.5. The normalized spacial score (nSPS) is 22.6. The van der Waals surface area contributed by atoms with E-state index in [0.29, 0.717) is 23.7 Å². The van der Waals surface area contributed by atoms with Crippen LogP contribution in [0.4, 0.5) is 0 Å². The van der Waals surface area contributed by atoms with Crippen molar-refractivity contribution >= 4 is 5.57 Å². The van der Waals surface area contributed by atoms with Crippen molar-refractivity contribution in [1.29, 1.82) is 0 Å². The van der Waals surface area contributed by atoms with Crippen molar-refractivity contribution < 1.29 is 0 Å². The van der Waals surface area contributed by atoms with Gasteiger partial charge in [-0.1, -0.05) is 188 Å². The molecule has 11 rings (SSSR count). The first-order valence-corrected chi connectivity index (χ1v) is 22.3. The van der Waals surface area contributed by atoms with E-state index in [0.717, 1.165) is 44.2 Å². The Hall–Kier alpha value is -6.31. The molecule has 0 bridgehead atoms. The van der Waals surface area contributed by atoms with Crippen molar-refractivity contribution in [1.82, 2.24) is 4.98 Å². The van der Waals surface area contributed by atoms with Crippen molar-refractivity contribution in [2.75, 3.05) is 0 Å². The summed E-state index contributed by atoms with van der Waals surface area (Å²) in [5.41, 5.74) is 20.4. The average molecular weight is 774 g/mol. The van der Waals surface area contributed by atoms with E-state index in [-0.39, 0.29) is 5.92 Å². The van der Waals surface area contributed by atoms with Crippen LogP contribution in [0.1, 0.15) is 101 Å². The van der Waals surface area contributed by atoms with E-state index in [9.17, 15) is 0 Å². The fourth-order valence-corrected chi connectivity index (χ4v) is 11.1. The van der Waals surface area contributed by atoms with Crippen LogP contribution in [0.15, 0.2) is 200 Å². The van der Waals surface area contributed by atoms with E-state index in [1.807, 2.05) is 0 Å². The number of benzene rings is 5. The summed E-state index contributed by atoms with van der Waals surface area (Å²) in [4.78, 5) is 5.52. The number of rotatable bonds is 6. The van der Waals surface area contributed by atoms with Gasteiger partial charge in [0.05, 0.1) is 5.69 Å². The van der Waals surface area contributed by atoms with Crippen LogP contribution in [0, 0.1) is 5.92 Å². The summed E-state index contributed by atoms with van der Waals surface area (Å²) in [5.74, 6) is 1.84. The van der Waals surface area contributed by atoms with Gasteiger partial charge in [-0.25, -0.2) is 0 Å². The molecule has 0 fully saturated rings. The lowest BCUT2D eigenvalue weighted by atomic mass is 9.78. The van der Waals surface area contributed by atoms with Gasteiger partial charge in [-0.2, -0.15) is 0 Å². The monoisotopic (exact) mass is 773 g/mol. The minimum absolute atomic E-state index is 0.267. The smallest absolute Gasteiger partial charge is 0.0708 e. The van der Waals surface area contributed by atoms with Crippen molar-refractivity contribution in [3.63, 3.8) is 0 Å². The molecule has 5 atom stereocenters. The lowest BCUT2D eigenvalue weighted by molar-refractivity contribution is 0.519. The Balaban J connectivity index is 1.01. The molecular formula is C59H51N. The zero-order chi connectivity index (χ0) is 39.8. The van der Waals surface area contributed by atoms with E-state index in [4.69, 9.17) is 4.98 Å². The van der Waals surface area contributed by atoms with Gasteiger partial charge in [0, 0.05) is 34.9 Å². The molecule has 1 heterocycles. The molecule has 5 aromatic carbocycles. The molecule has 0 amide bonds. The second-order valence-electron chi connectivity index (χ2n) is 17.5. The number of hydrogen-bond acceptors (Lipinski definition) is 1. The predicted molar refractivity (Wildman–Crippen MR) is 251 cm³/mol. The first-order valence-electron chi connectivity index (χ1n) is 22.3. The van der Waals surface area contributed by atoms with Crippen LogP contribution in [-0.4, -0.2) is 4.98 Å². The molecular weight excluding hydrogens is 723 g/mol. The van der Waals surface area contributed by atoms with Gasteiger partial charge in [-0.15, -0.1) is 0 Å². The van der Waals surface area contributed by atoms with E-state index in [1.165, 1.54) is 78.9 Å². The van der Waals surface area contributed by atoms with Crippen LogP contribution in [0.2, 0.25) is 0 Å². The molecule has 60 heavy (non-hydrogen) atoms. The quantitative estimate of drug-likeness (QED) is 0.164. The van der Waals surface area contributed by atoms with Gasteiger partial charge in [0.15, 0.2) is 0 Å². The van der Waals surface area contributed by atoms with Gasteiger partial charge in [-0.3, -0.25) is 4.98 Å². The van der Waals surface area contributed by atoms with Crippen molar-refractivity contribution in [3.8, 4) is 33.5 Å². The maximum atomic E-state index is 5.52. The number of nitrogens with zero attached hydrogens (tertiary/aromatic N) is 1. The van der Waals surface area contributed by atoms with Gasteiger partial charge in [-0.05, 0) is 124 Å².